The minimum Gasteiger partial charge on any atom is -0.497 e. The molecule has 5 nitrogen and oxygen atoms in total. The van der Waals surface area contributed by atoms with E-state index in [0.29, 0.717) is 18.1 Å². The summed E-state index contributed by atoms with van der Waals surface area (Å²) in [6.07, 6.45) is 5.63. The first-order valence-electron chi connectivity index (χ1n) is 8.62. The van der Waals surface area contributed by atoms with E-state index in [2.05, 4.69) is 17.3 Å². The molecule has 1 aromatic carbocycles. The second kappa shape index (κ2) is 5.71. The SMILES string of the molecule is COc1ccc2c(c1)CCN2C(=O)NC1C[C@H]2CC[C@@H](C1)N2C. The van der Waals surface area contributed by atoms with Crippen LogP contribution in [0.3, 0.4) is 0 Å². The number of ether oxygens (including phenoxy) is 1. The second-order valence-corrected chi connectivity index (χ2v) is 7.06. The van der Waals surface area contributed by atoms with Crippen molar-refractivity contribution in [1.29, 1.82) is 0 Å². The predicted molar refractivity (Wildman–Crippen MR) is 90.2 cm³/mol. The van der Waals surface area contributed by atoms with Crippen LogP contribution in [0, 0.1) is 0 Å². The van der Waals surface area contributed by atoms with E-state index in [9.17, 15) is 4.79 Å². The van der Waals surface area contributed by atoms with Crippen LogP contribution in [0.15, 0.2) is 18.2 Å². The summed E-state index contributed by atoms with van der Waals surface area (Å²) in [5.41, 5.74) is 2.22. The summed E-state index contributed by atoms with van der Waals surface area (Å²) < 4.78 is 5.27. The Morgan fingerprint density at radius 1 is 1.26 bits per heavy atom. The number of methoxy groups -OCH3 is 1. The predicted octanol–water partition coefficient (Wildman–Crippen LogP) is 2.39. The number of hydrogen-bond donors (Lipinski definition) is 1. The third kappa shape index (κ3) is 2.57. The molecule has 4 rings (SSSR count). The van der Waals surface area contributed by atoms with E-state index in [4.69, 9.17) is 4.74 Å². The molecule has 1 unspecified atom stereocenters. The Labute approximate surface area is 137 Å². The summed E-state index contributed by atoms with van der Waals surface area (Å²) >= 11 is 0. The lowest BCUT2D eigenvalue weighted by atomic mass is 9.98. The third-order valence-electron chi connectivity index (χ3n) is 5.85. The number of carbonyl (C=O) groups excluding carboxylic acids is 1. The monoisotopic (exact) mass is 315 g/mol. The maximum absolute atomic E-state index is 12.7. The number of anilines is 1. The van der Waals surface area contributed by atoms with Crippen molar-refractivity contribution in [2.24, 2.45) is 0 Å². The topological polar surface area (TPSA) is 44.8 Å². The van der Waals surface area contributed by atoms with Gasteiger partial charge in [0.2, 0.25) is 0 Å². The Morgan fingerprint density at radius 2 is 2.00 bits per heavy atom. The third-order valence-corrected chi connectivity index (χ3v) is 5.85. The summed E-state index contributed by atoms with van der Waals surface area (Å²) in [6.45, 7) is 0.758. The standard InChI is InChI=1S/C18H25N3O2/c1-20-14-3-4-15(20)11-13(10-14)19-18(22)21-8-7-12-9-16(23-2)5-6-17(12)21/h5-6,9,13-15H,3-4,7-8,10-11H2,1-2H3,(H,19,22)/t13?,14-,15+. The maximum atomic E-state index is 12.7. The number of rotatable bonds is 2. The number of nitrogens with zero attached hydrogens (tertiary/aromatic N) is 2. The summed E-state index contributed by atoms with van der Waals surface area (Å²) in [5, 5.41) is 3.28. The zero-order chi connectivity index (χ0) is 16.0. The first-order valence-corrected chi connectivity index (χ1v) is 8.62. The molecule has 0 aromatic heterocycles. The van der Waals surface area contributed by atoms with Crippen molar-refractivity contribution in [3.05, 3.63) is 23.8 Å². The van der Waals surface area contributed by atoms with Gasteiger partial charge in [-0.3, -0.25) is 4.90 Å². The molecule has 23 heavy (non-hydrogen) atoms. The molecular formula is C18H25N3O2. The van der Waals surface area contributed by atoms with Crippen molar-refractivity contribution >= 4 is 11.7 Å². The minimum atomic E-state index is 0.0582. The average Bonchev–Trinajstić information content (AvgIpc) is 3.04. The van der Waals surface area contributed by atoms with E-state index in [-0.39, 0.29) is 6.03 Å². The first kappa shape index (κ1) is 14.8. The van der Waals surface area contributed by atoms with Crippen LogP contribution in [0.25, 0.3) is 0 Å². The van der Waals surface area contributed by atoms with Crippen LogP contribution < -0.4 is 15.0 Å². The highest BCUT2D eigenvalue weighted by Crippen LogP contribution is 2.35. The molecule has 2 fully saturated rings. The van der Waals surface area contributed by atoms with Gasteiger partial charge in [0.25, 0.3) is 0 Å². The molecule has 0 spiro atoms. The summed E-state index contributed by atoms with van der Waals surface area (Å²) in [5.74, 6) is 0.859. The van der Waals surface area contributed by atoms with Gasteiger partial charge in [0.1, 0.15) is 5.75 Å². The van der Waals surface area contributed by atoms with E-state index < -0.39 is 0 Å². The van der Waals surface area contributed by atoms with Crippen LogP contribution in [-0.4, -0.2) is 49.8 Å². The molecule has 2 bridgehead atoms. The smallest absolute Gasteiger partial charge is 0.322 e. The molecule has 3 aliphatic heterocycles. The second-order valence-electron chi connectivity index (χ2n) is 7.06. The minimum absolute atomic E-state index is 0.0582. The van der Waals surface area contributed by atoms with Crippen molar-refractivity contribution in [2.45, 2.75) is 50.2 Å². The number of piperidine rings is 1. The van der Waals surface area contributed by atoms with Crippen LogP contribution in [-0.2, 0) is 6.42 Å². The van der Waals surface area contributed by atoms with Gasteiger partial charge in [-0.15, -0.1) is 0 Å². The Hall–Kier alpha value is -1.75. The van der Waals surface area contributed by atoms with Gasteiger partial charge in [0, 0.05) is 30.4 Å². The van der Waals surface area contributed by atoms with Crippen LogP contribution in [0.1, 0.15) is 31.2 Å². The molecule has 1 N–H and O–H groups in total. The number of urea groups is 1. The Kier molecular flexibility index (Phi) is 3.68. The van der Waals surface area contributed by atoms with Crippen molar-refractivity contribution in [3.63, 3.8) is 0 Å². The lowest BCUT2D eigenvalue weighted by molar-refractivity contribution is 0.150. The highest BCUT2D eigenvalue weighted by molar-refractivity contribution is 5.94. The molecular weight excluding hydrogens is 290 g/mol. The zero-order valence-corrected chi connectivity index (χ0v) is 13.9. The summed E-state index contributed by atoms with van der Waals surface area (Å²) in [7, 11) is 3.90. The molecule has 2 saturated heterocycles. The lowest BCUT2D eigenvalue weighted by Crippen LogP contribution is -2.51. The fourth-order valence-electron chi connectivity index (χ4n) is 4.50. The van der Waals surface area contributed by atoms with Gasteiger partial charge in [0.05, 0.1) is 7.11 Å². The molecule has 3 heterocycles. The highest BCUT2D eigenvalue weighted by Gasteiger charge is 2.39. The number of amides is 2. The van der Waals surface area contributed by atoms with E-state index in [1.807, 2.05) is 23.1 Å². The van der Waals surface area contributed by atoms with Crippen molar-refractivity contribution in [1.82, 2.24) is 10.2 Å². The van der Waals surface area contributed by atoms with Crippen molar-refractivity contribution < 1.29 is 9.53 Å². The van der Waals surface area contributed by atoms with Gasteiger partial charge in [-0.1, -0.05) is 0 Å². The van der Waals surface area contributed by atoms with Crippen LogP contribution in [0.2, 0.25) is 0 Å². The van der Waals surface area contributed by atoms with Crippen molar-refractivity contribution in [2.75, 3.05) is 25.6 Å². The molecule has 0 saturated carbocycles. The highest BCUT2D eigenvalue weighted by atomic mass is 16.5. The van der Waals surface area contributed by atoms with E-state index in [1.54, 1.807) is 7.11 Å². The number of hydrogen-bond acceptors (Lipinski definition) is 3. The molecule has 1 aromatic rings. The molecule has 5 heteroatoms. The fraction of sp³-hybridized carbons (Fsp3) is 0.611. The molecule has 124 valence electrons. The van der Waals surface area contributed by atoms with Gasteiger partial charge in [-0.05, 0) is 62.9 Å². The Bertz CT molecular complexity index is 604. The van der Waals surface area contributed by atoms with Crippen LogP contribution in [0.5, 0.6) is 5.75 Å². The molecule has 3 atom stereocenters. The van der Waals surface area contributed by atoms with Gasteiger partial charge in [-0.2, -0.15) is 0 Å². The zero-order valence-electron chi connectivity index (χ0n) is 13.9. The van der Waals surface area contributed by atoms with Crippen molar-refractivity contribution in [3.8, 4) is 5.75 Å². The molecule has 0 radical (unpaired) electrons. The van der Waals surface area contributed by atoms with Gasteiger partial charge < -0.3 is 15.0 Å². The van der Waals surface area contributed by atoms with Gasteiger partial charge in [-0.25, -0.2) is 4.79 Å². The van der Waals surface area contributed by atoms with Gasteiger partial charge in [0.15, 0.2) is 0 Å². The first-order chi connectivity index (χ1) is 11.2. The number of carbonyl (C=O) groups is 1. The van der Waals surface area contributed by atoms with E-state index in [0.717, 1.165) is 37.2 Å². The van der Waals surface area contributed by atoms with Gasteiger partial charge >= 0.3 is 6.03 Å². The molecule has 0 aliphatic carbocycles. The Balaban J connectivity index is 1.43. The van der Waals surface area contributed by atoms with E-state index in [1.165, 1.54) is 18.4 Å². The fourth-order valence-corrected chi connectivity index (χ4v) is 4.50. The average molecular weight is 315 g/mol. The number of nitrogens with one attached hydrogen (secondary N) is 1. The molecule has 2 amide bonds. The number of benzene rings is 1. The normalized spacial score (nSPS) is 29.5. The quantitative estimate of drug-likeness (QED) is 0.911. The lowest BCUT2D eigenvalue weighted by Gasteiger charge is -2.37. The largest absolute Gasteiger partial charge is 0.497 e. The van der Waals surface area contributed by atoms with E-state index >= 15 is 0 Å². The molecule has 3 aliphatic rings. The Morgan fingerprint density at radius 3 is 2.70 bits per heavy atom. The summed E-state index contributed by atoms with van der Waals surface area (Å²) in [4.78, 5) is 17.1. The maximum Gasteiger partial charge on any atom is 0.322 e. The summed E-state index contributed by atoms with van der Waals surface area (Å²) in [6, 6.07) is 7.64. The number of fused-ring (bicyclic) bond motifs is 3. The van der Waals surface area contributed by atoms with Crippen LogP contribution >= 0.6 is 0 Å². The van der Waals surface area contributed by atoms with Crippen LogP contribution in [0.4, 0.5) is 10.5 Å².